The first kappa shape index (κ1) is 15.6. The van der Waals surface area contributed by atoms with Crippen molar-refractivity contribution in [3.05, 3.63) is 35.4 Å². The molecule has 0 aliphatic carbocycles. The van der Waals surface area contributed by atoms with Crippen molar-refractivity contribution in [3.63, 3.8) is 0 Å². The number of hydrogen-bond acceptors (Lipinski definition) is 3. The largest absolute Gasteiger partial charge is 0.384 e. The summed E-state index contributed by atoms with van der Waals surface area (Å²) >= 11 is 0. The summed E-state index contributed by atoms with van der Waals surface area (Å²) in [7, 11) is 1.82. The van der Waals surface area contributed by atoms with E-state index in [0.29, 0.717) is 13.0 Å². The fourth-order valence-electron chi connectivity index (χ4n) is 2.35. The molecule has 0 radical (unpaired) electrons. The van der Waals surface area contributed by atoms with E-state index in [9.17, 15) is 4.79 Å². The first-order valence-corrected chi connectivity index (χ1v) is 7.23. The van der Waals surface area contributed by atoms with Crippen LogP contribution < -0.4 is 0 Å². The topological polar surface area (TPSA) is 49.8 Å². The molecule has 1 unspecified atom stereocenters. The van der Waals surface area contributed by atoms with Gasteiger partial charge < -0.3 is 14.7 Å². The standard InChI is InChI=1S/C17H21NO3/c1-18(17(20)12-16-5-3-11-21-16)13-15-8-6-14(7-9-15)4-2-10-19/h6-9,16,19H,3,5,10-13H2,1H3. The van der Waals surface area contributed by atoms with Crippen molar-refractivity contribution in [2.24, 2.45) is 0 Å². The van der Waals surface area contributed by atoms with Crippen LogP contribution in [0.1, 0.15) is 30.4 Å². The molecule has 0 bridgehead atoms. The van der Waals surface area contributed by atoms with Gasteiger partial charge in [-0.3, -0.25) is 4.79 Å². The van der Waals surface area contributed by atoms with Crippen LogP contribution in [-0.2, 0) is 16.1 Å². The molecule has 0 spiro atoms. The van der Waals surface area contributed by atoms with Crippen molar-refractivity contribution in [2.45, 2.75) is 31.9 Å². The summed E-state index contributed by atoms with van der Waals surface area (Å²) in [4.78, 5) is 13.8. The third kappa shape index (κ3) is 4.89. The van der Waals surface area contributed by atoms with Crippen LogP contribution in [0.25, 0.3) is 0 Å². The minimum Gasteiger partial charge on any atom is -0.384 e. The molecular weight excluding hydrogens is 266 g/mol. The monoisotopic (exact) mass is 287 g/mol. The van der Waals surface area contributed by atoms with E-state index >= 15 is 0 Å². The molecule has 4 heteroatoms. The molecular formula is C17H21NO3. The van der Waals surface area contributed by atoms with Crippen LogP contribution >= 0.6 is 0 Å². The second-order valence-corrected chi connectivity index (χ2v) is 5.25. The highest BCUT2D eigenvalue weighted by Gasteiger charge is 2.21. The van der Waals surface area contributed by atoms with Crippen molar-refractivity contribution in [1.82, 2.24) is 4.90 Å². The number of hydrogen-bond donors (Lipinski definition) is 1. The molecule has 1 heterocycles. The SMILES string of the molecule is CN(Cc1ccc(C#CCO)cc1)C(=O)CC1CCCO1. The van der Waals surface area contributed by atoms with Gasteiger partial charge in [-0.25, -0.2) is 0 Å². The van der Waals surface area contributed by atoms with Crippen LogP contribution in [0.15, 0.2) is 24.3 Å². The van der Waals surface area contributed by atoms with Gasteiger partial charge in [-0.05, 0) is 30.5 Å². The zero-order valence-corrected chi connectivity index (χ0v) is 12.3. The van der Waals surface area contributed by atoms with Gasteiger partial charge >= 0.3 is 0 Å². The fourth-order valence-corrected chi connectivity index (χ4v) is 2.35. The Morgan fingerprint density at radius 1 is 1.43 bits per heavy atom. The number of carbonyl (C=O) groups is 1. The second kappa shape index (κ2) is 7.82. The molecule has 1 atom stereocenters. The smallest absolute Gasteiger partial charge is 0.225 e. The Morgan fingerprint density at radius 2 is 2.19 bits per heavy atom. The molecule has 112 valence electrons. The molecule has 0 saturated carbocycles. The van der Waals surface area contributed by atoms with Crippen molar-refractivity contribution in [1.29, 1.82) is 0 Å². The summed E-state index contributed by atoms with van der Waals surface area (Å²) in [5.74, 6) is 5.58. The Morgan fingerprint density at radius 3 is 2.81 bits per heavy atom. The highest BCUT2D eigenvalue weighted by molar-refractivity contribution is 5.76. The molecule has 21 heavy (non-hydrogen) atoms. The molecule has 0 aromatic heterocycles. The summed E-state index contributed by atoms with van der Waals surface area (Å²) in [6.45, 7) is 1.22. The zero-order valence-electron chi connectivity index (χ0n) is 12.3. The Kier molecular flexibility index (Phi) is 5.79. The Balaban J connectivity index is 1.86. The Hall–Kier alpha value is -1.83. The van der Waals surface area contributed by atoms with Crippen molar-refractivity contribution in [2.75, 3.05) is 20.3 Å². The summed E-state index contributed by atoms with van der Waals surface area (Å²) in [6, 6.07) is 7.71. The maximum absolute atomic E-state index is 12.1. The Bertz CT molecular complexity index is 521. The number of rotatable bonds is 4. The quantitative estimate of drug-likeness (QED) is 0.855. The molecule has 4 nitrogen and oxygen atoms in total. The molecule has 1 aliphatic rings. The number of benzene rings is 1. The van der Waals surface area contributed by atoms with Gasteiger partial charge in [0.25, 0.3) is 0 Å². The average molecular weight is 287 g/mol. The molecule has 1 aliphatic heterocycles. The Labute approximate surface area is 125 Å². The van der Waals surface area contributed by atoms with E-state index < -0.39 is 0 Å². The normalized spacial score (nSPS) is 17.1. The summed E-state index contributed by atoms with van der Waals surface area (Å²) in [5.41, 5.74) is 1.92. The number of aliphatic hydroxyl groups is 1. The first-order valence-electron chi connectivity index (χ1n) is 7.23. The maximum Gasteiger partial charge on any atom is 0.225 e. The van der Waals surface area contributed by atoms with E-state index in [1.807, 2.05) is 31.3 Å². The van der Waals surface area contributed by atoms with E-state index in [4.69, 9.17) is 9.84 Å². The maximum atomic E-state index is 12.1. The minimum absolute atomic E-state index is 0.0936. The van der Waals surface area contributed by atoms with Gasteiger partial charge in [-0.2, -0.15) is 0 Å². The molecule has 1 fully saturated rings. The number of aliphatic hydroxyl groups excluding tert-OH is 1. The van der Waals surface area contributed by atoms with Crippen LogP contribution in [0.3, 0.4) is 0 Å². The van der Waals surface area contributed by atoms with Gasteiger partial charge in [0.1, 0.15) is 6.61 Å². The van der Waals surface area contributed by atoms with Crippen LogP contribution in [0.4, 0.5) is 0 Å². The van der Waals surface area contributed by atoms with E-state index in [-0.39, 0.29) is 18.6 Å². The third-order valence-corrected chi connectivity index (χ3v) is 3.54. The van der Waals surface area contributed by atoms with Crippen LogP contribution in [0.2, 0.25) is 0 Å². The second-order valence-electron chi connectivity index (χ2n) is 5.25. The van der Waals surface area contributed by atoms with E-state index in [1.165, 1.54) is 0 Å². The molecule has 1 aromatic rings. The number of ether oxygens (including phenoxy) is 1. The summed E-state index contributed by atoms with van der Waals surface area (Å²) in [6.07, 6.45) is 2.60. The van der Waals surface area contributed by atoms with Gasteiger partial charge in [0.05, 0.1) is 12.5 Å². The van der Waals surface area contributed by atoms with Crippen molar-refractivity contribution >= 4 is 5.91 Å². The highest BCUT2D eigenvalue weighted by Crippen LogP contribution is 2.16. The molecule has 1 saturated heterocycles. The summed E-state index contributed by atoms with van der Waals surface area (Å²) < 4.78 is 5.49. The van der Waals surface area contributed by atoms with Crippen molar-refractivity contribution in [3.8, 4) is 11.8 Å². The number of amides is 1. The lowest BCUT2D eigenvalue weighted by Gasteiger charge is -2.19. The lowest BCUT2D eigenvalue weighted by Crippen LogP contribution is -2.29. The van der Waals surface area contributed by atoms with Crippen LogP contribution in [-0.4, -0.2) is 42.3 Å². The summed E-state index contributed by atoms with van der Waals surface area (Å²) in [5, 5.41) is 8.65. The molecule has 1 aromatic carbocycles. The molecule has 1 amide bonds. The average Bonchev–Trinajstić information content (AvgIpc) is 2.99. The van der Waals surface area contributed by atoms with Crippen LogP contribution in [0.5, 0.6) is 0 Å². The van der Waals surface area contributed by atoms with E-state index in [1.54, 1.807) is 4.90 Å². The lowest BCUT2D eigenvalue weighted by molar-refractivity contribution is -0.132. The van der Waals surface area contributed by atoms with Gasteiger partial charge in [0.2, 0.25) is 5.91 Å². The fraction of sp³-hybridized carbons (Fsp3) is 0.471. The zero-order chi connectivity index (χ0) is 15.1. The minimum atomic E-state index is -0.137. The van der Waals surface area contributed by atoms with Crippen molar-refractivity contribution < 1.29 is 14.6 Å². The predicted molar refractivity (Wildman–Crippen MR) is 80.5 cm³/mol. The lowest BCUT2D eigenvalue weighted by atomic mass is 10.1. The first-order chi connectivity index (χ1) is 10.2. The molecule has 2 rings (SSSR count). The third-order valence-electron chi connectivity index (χ3n) is 3.54. The van der Waals surface area contributed by atoms with E-state index in [0.717, 1.165) is 30.6 Å². The van der Waals surface area contributed by atoms with Gasteiger partial charge in [0, 0.05) is 25.8 Å². The van der Waals surface area contributed by atoms with E-state index in [2.05, 4.69) is 11.8 Å². The highest BCUT2D eigenvalue weighted by atomic mass is 16.5. The predicted octanol–water partition coefficient (Wildman–Crippen LogP) is 1.56. The number of nitrogens with zero attached hydrogens (tertiary/aromatic N) is 1. The molecule has 1 N–H and O–H groups in total. The number of carbonyl (C=O) groups excluding carboxylic acids is 1. The van der Waals surface area contributed by atoms with Gasteiger partial charge in [0.15, 0.2) is 0 Å². The van der Waals surface area contributed by atoms with Gasteiger partial charge in [-0.1, -0.05) is 24.0 Å². The van der Waals surface area contributed by atoms with Crippen LogP contribution in [0, 0.1) is 11.8 Å². The van der Waals surface area contributed by atoms with Gasteiger partial charge in [-0.15, -0.1) is 0 Å².